The fourth-order valence-electron chi connectivity index (χ4n) is 1.66. The number of nitrogens with one attached hydrogen (secondary N) is 2. The fourth-order valence-corrected chi connectivity index (χ4v) is 1.66. The number of benzene rings is 1. The number of rotatable bonds is 4. The topological polar surface area (TPSA) is 86.7 Å². The lowest BCUT2D eigenvalue weighted by atomic mass is 10.1. The van der Waals surface area contributed by atoms with Gasteiger partial charge in [-0.05, 0) is 37.3 Å². The van der Waals surface area contributed by atoms with Crippen LogP contribution in [0, 0.1) is 0 Å². The highest BCUT2D eigenvalue weighted by Crippen LogP contribution is 2.23. The molecule has 20 heavy (non-hydrogen) atoms. The van der Waals surface area contributed by atoms with Crippen molar-refractivity contribution >= 4 is 11.6 Å². The first-order chi connectivity index (χ1) is 9.61. The fraction of sp³-hybridized carbons (Fsp3) is 0.143. The summed E-state index contributed by atoms with van der Waals surface area (Å²) in [6.07, 6.45) is 1.65. The van der Waals surface area contributed by atoms with Gasteiger partial charge in [-0.2, -0.15) is 5.10 Å². The molecule has 3 N–H and O–H groups in total. The summed E-state index contributed by atoms with van der Waals surface area (Å²) in [6.45, 7) is 1.68. The molecule has 0 unspecified atom stereocenters. The van der Waals surface area contributed by atoms with Gasteiger partial charge in [-0.1, -0.05) is 0 Å². The van der Waals surface area contributed by atoms with E-state index in [1.165, 1.54) is 13.2 Å². The van der Waals surface area contributed by atoms with Gasteiger partial charge in [0.15, 0.2) is 0 Å². The van der Waals surface area contributed by atoms with Crippen LogP contribution in [0.5, 0.6) is 11.5 Å². The molecule has 6 nitrogen and oxygen atoms in total. The molecule has 2 rings (SSSR count). The first-order valence-electron chi connectivity index (χ1n) is 5.97. The quantitative estimate of drug-likeness (QED) is 0.587. The molecule has 1 heterocycles. The molecule has 2 aromatic rings. The predicted molar refractivity (Wildman–Crippen MR) is 75.1 cm³/mol. The molecule has 1 amide bonds. The van der Waals surface area contributed by atoms with Crippen LogP contribution in [-0.2, 0) is 0 Å². The van der Waals surface area contributed by atoms with E-state index in [-0.39, 0.29) is 11.7 Å². The number of phenolic OH excluding ortho intramolecular Hbond substituents is 1. The summed E-state index contributed by atoms with van der Waals surface area (Å²) in [5.41, 5.74) is 3.80. The molecule has 1 aromatic heterocycles. The number of nitrogens with zero attached hydrogens (tertiary/aromatic N) is 1. The van der Waals surface area contributed by atoms with Gasteiger partial charge in [-0.25, -0.2) is 5.43 Å². The Bertz CT molecular complexity index is 633. The van der Waals surface area contributed by atoms with Crippen molar-refractivity contribution in [3.05, 3.63) is 47.8 Å². The zero-order valence-electron chi connectivity index (χ0n) is 11.2. The van der Waals surface area contributed by atoms with Crippen LogP contribution in [0.2, 0.25) is 0 Å². The van der Waals surface area contributed by atoms with Crippen LogP contribution >= 0.6 is 0 Å². The Labute approximate surface area is 116 Å². The summed E-state index contributed by atoms with van der Waals surface area (Å²) >= 11 is 0. The zero-order valence-corrected chi connectivity index (χ0v) is 11.2. The second kappa shape index (κ2) is 5.92. The van der Waals surface area contributed by atoms with Crippen LogP contribution in [0.15, 0.2) is 41.6 Å². The Morgan fingerprint density at radius 3 is 2.85 bits per heavy atom. The van der Waals surface area contributed by atoms with Gasteiger partial charge >= 0.3 is 0 Å². The summed E-state index contributed by atoms with van der Waals surface area (Å²) < 4.78 is 5.09. The molecule has 0 atom stereocenters. The minimum absolute atomic E-state index is 0.0705. The number of methoxy groups -OCH3 is 1. The molecule has 6 heteroatoms. The number of aromatic hydroxyl groups is 1. The molecule has 0 aliphatic heterocycles. The summed E-state index contributed by atoms with van der Waals surface area (Å²) in [7, 11) is 1.54. The molecule has 0 fully saturated rings. The monoisotopic (exact) mass is 273 g/mol. The lowest BCUT2D eigenvalue weighted by Crippen LogP contribution is -2.19. The maximum Gasteiger partial charge on any atom is 0.287 e. The van der Waals surface area contributed by atoms with E-state index in [0.717, 1.165) is 0 Å². The number of hydrogen-bond donors (Lipinski definition) is 3. The number of phenols is 1. The average molecular weight is 273 g/mol. The maximum absolute atomic E-state index is 11.7. The van der Waals surface area contributed by atoms with Crippen molar-refractivity contribution in [2.45, 2.75) is 6.92 Å². The Hall–Kier alpha value is -2.76. The van der Waals surface area contributed by atoms with Crippen LogP contribution in [0.4, 0.5) is 0 Å². The van der Waals surface area contributed by atoms with Gasteiger partial charge < -0.3 is 14.8 Å². The van der Waals surface area contributed by atoms with Crippen LogP contribution in [-0.4, -0.2) is 28.8 Å². The number of hydrazone groups is 1. The molecule has 1 aromatic carbocycles. The summed E-state index contributed by atoms with van der Waals surface area (Å²) in [5, 5.41) is 13.8. The molecule has 0 aliphatic carbocycles. The zero-order chi connectivity index (χ0) is 14.5. The highest BCUT2D eigenvalue weighted by molar-refractivity contribution is 6.02. The third-order valence-corrected chi connectivity index (χ3v) is 2.76. The third-order valence-electron chi connectivity index (χ3n) is 2.76. The summed E-state index contributed by atoms with van der Waals surface area (Å²) in [5.74, 6) is 0.320. The van der Waals surface area contributed by atoms with E-state index in [1.807, 2.05) is 0 Å². The van der Waals surface area contributed by atoms with Gasteiger partial charge in [0.05, 0.1) is 12.8 Å². The van der Waals surface area contributed by atoms with E-state index in [1.54, 1.807) is 37.4 Å². The van der Waals surface area contributed by atoms with Crippen LogP contribution in [0.25, 0.3) is 0 Å². The first kappa shape index (κ1) is 13.7. The van der Waals surface area contributed by atoms with Crippen molar-refractivity contribution in [3.63, 3.8) is 0 Å². The highest BCUT2D eigenvalue weighted by Gasteiger charge is 2.08. The molecular formula is C14H15N3O3. The summed E-state index contributed by atoms with van der Waals surface area (Å²) in [4.78, 5) is 14.5. The number of carbonyl (C=O) groups excluding carboxylic acids is 1. The van der Waals surface area contributed by atoms with Crippen LogP contribution in [0.1, 0.15) is 23.0 Å². The van der Waals surface area contributed by atoms with Crippen LogP contribution < -0.4 is 10.2 Å². The number of H-pyrrole nitrogens is 1. The predicted octanol–water partition coefficient (Wildman–Crippen LogP) is 1.88. The molecule has 0 saturated heterocycles. The second-order valence-electron chi connectivity index (χ2n) is 4.11. The van der Waals surface area contributed by atoms with Crippen molar-refractivity contribution in [2.24, 2.45) is 5.10 Å². The average Bonchev–Trinajstić information content (AvgIpc) is 2.99. The van der Waals surface area contributed by atoms with Gasteiger partial charge in [0.25, 0.3) is 5.91 Å². The number of aromatic nitrogens is 1. The number of ether oxygens (including phenoxy) is 1. The normalized spacial score (nSPS) is 11.2. The highest BCUT2D eigenvalue weighted by atomic mass is 16.5. The minimum Gasteiger partial charge on any atom is -0.507 e. The van der Waals surface area contributed by atoms with E-state index >= 15 is 0 Å². The lowest BCUT2D eigenvalue weighted by Gasteiger charge is -2.07. The van der Waals surface area contributed by atoms with Gasteiger partial charge in [-0.3, -0.25) is 4.79 Å². The molecule has 0 saturated carbocycles. The molecule has 0 radical (unpaired) electrons. The van der Waals surface area contributed by atoms with Crippen LogP contribution in [0.3, 0.4) is 0 Å². The molecule has 104 valence electrons. The Morgan fingerprint density at radius 1 is 1.40 bits per heavy atom. The lowest BCUT2D eigenvalue weighted by molar-refractivity contribution is 0.0950. The van der Waals surface area contributed by atoms with Gasteiger partial charge in [0.1, 0.15) is 17.2 Å². The number of hydrogen-bond acceptors (Lipinski definition) is 4. The molecule has 0 spiro atoms. The third kappa shape index (κ3) is 2.97. The van der Waals surface area contributed by atoms with E-state index < -0.39 is 0 Å². The van der Waals surface area contributed by atoms with Gasteiger partial charge in [-0.15, -0.1) is 0 Å². The van der Waals surface area contributed by atoms with E-state index in [9.17, 15) is 9.90 Å². The van der Waals surface area contributed by atoms with Gasteiger partial charge in [0.2, 0.25) is 0 Å². The first-order valence-corrected chi connectivity index (χ1v) is 5.97. The smallest absolute Gasteiger partial charge is 0.287 e. The molecule has 0 aliphatic rings. The van der Waals surface area contributed by atoms with Crippen molar-refractivity contribution in [1.82, 2.24) is 10.4 Å². The SMILES string of the molecule is COc1ccc(O)c(/C(C)=N/NC(=O)c2ccc[nH]2)c1. The Morgan fingerprint density at radius 2 is 2.20 bits per heavy atom. The Kier molecular flexibility index (Phi) is 4.05. The van der Waals surface area contributed by atoms with E-state index in [4.69, 9.17) is 4.74 Å². The summed E-state index contributed by atoms with van der Waals surface area (Å²) in [6, 6.07) is 8.17. The number of carbonyl (C=O) groups is 1. The molecular weight excluding hydrogens is 258 g/mol. The standard InChI is InChI=1S/C14H15N3O3/c1-9(11-8-10(20-2)5-6-13(11)18)16-17-14(19)12-4-3-7-15-12/h3-8,15,18H,1-2H3,(H,17,19)/b16-9+. The maximum atomic E-state index is 11.7. The minimum atomic E-state index is -0.350. The van der Waals surface area contributed by atoms with Crippen molar-refractivity contribution in [2.75, 3.05) is 7.11 Å². The molecule has 0 bridgehead atoms. The van der Waals surface area contributed by atoms with E-state index in [2.05, 4.69) is 15.5 Å². The second-order valence-corrected chi connectivity index (χ2v) is 4.11. The van der Waals surface area contributed by atoms with Crippen molar-refractivity contribution in [3.8, 4) is 11.5 Å². The number of amides is 1. The van der Waals surface area contributed by atoms with Crippen molar-refractivity contribution in [1.29, 1.82) is 0 Å². The Balaban J connectivity index is 2.16. The van der Waals surface area contributed by atoms with Crippen molar-refractivity contribution < 1.29 is 14.6 Å². The largest absolute Gasteiger partial charge is 0.507 e. The van der Waals surface area contributed by atoms with Gasteiger partial charge in [0, 0.05) is 11.8 Å². The van der Waals surface area contributed by atoms with E-state index in [0.29, 0.717) is 22.7 Å². The number of aromatic amines is 1.